The highest BCUT2D eigenvalue weighted by Gasteiger charge is 2.25. The Morgan fingerprint density at radius 2 is 2.13 bits per heavy atom. The normalized spacial score (nSPS) is 21.1. The summed E-state index contributed by atoms with van der Waals surface area (Å²) in [7, 11) is 2.16. The zero-order valence-corrected chi connectivity index (χ0v) is 9.82. The van der Waals surface area contributed by atoms with Crippen LogP contribution < -0.4 is 5.73 Å². The van der Waals surface area contributed by atoms with E-state index in [1.807, 2.05) is 0 Å². The van der Waals surface area contributed by atoms with Crippen LogP contribution in [0.4, 0.5) is 0 Å². The summed E-state index contributed by atoms with van der Waals surface area (Å²) in [6.07, 6.45) is 6.99. The van der Waals surface area contributed by atoms with Crippen molar-refractivity contribution in [1.82, 2.24) is 4.90 Å². The van der Waals surface area contributed by atoms with Crippen LogP contribution >= 0.6 is 0 Å². The Balaban J connectivity index is 2.48. The molecule has 0 amide bonds. The minimum atomic E-state index is 0.340. The van der Waals surface area contributed by atoms with E-state index in [1.165, 1.54) is 25.7 Å². The van der Waals surface area contributed by atoms with Crippen LogP contribution in [-0.2, 0) is 0 Å². The monoisotopic (exact) mass is 213 g/mol. The SMILES string of the molecule is CCC(C/C(N)=N/O)N(C)C1CCCC1. The number of nitrogens with zero attached hydrogens (tertiary/aromatic N) is 2. The van der Waals surface area contributed by atoms with E-state index in [-0.39, 0.29) is 0 Å². The molecule has 0 bridgehead atoms. The maximum Gasteiger partial charge on any atom is 0.140 e. The number of oxime groups is 1. The van der Waals surface area contributed by atoms with Crippen LogP contribution in [0.2, 0.25) is 0 Å². The summed E-state index contributed by atoms with van der Waals surface area (Å²) in [4.78, 5) is 2.41. The molecule has 1 atom stereocenters. The van der Waals surface area contributed by atoms with Crippen molar-refractivity contribution in [3.63, 3.8) is 0 Å². The third kappa shape index (κ3) is 3.38. The molecule has 0 spiro atoms. The van der Waals surface area contributed by atoms with Gasteiger partial charge in [0.15, 0.2) is 0 Å². The van der Waals surface area contributed by atoms with Gasteiger partial charge in [-0.05, 0) is 26.3 Å². The number of nitrogens with two attached hydrogens (primary N) is 1. The van der Waals surface area contributed by atoms with Crippen molar-refractivity contribution in [2.24, 2.45) is 10.9 Å². The molecule has 0 saturated heterocycles. The average Bonchev–Trinajstić information content (AvgIpc) is 2.77. The fourth-order valence-electron chi connectivity index (χ4n) is 2.47. The average molecular weight is 213 g/mol. The van der Waals surface area contributed by atoms with Crippen LogP contribution in [0.1, 0.15) is 45.4 Å². The molecule has 1 aliphatic rings. The molecule has 3 N–H and O–H groups in total. The Labute approximate surface area is 92.1 Å². The first-order valence-corrected chi connectivity index (χ1v) is 5.87. The summed E-state index contributed by atoms with van der Waals surface area (Å²) in [6, 6.07) is 1.10. The van der Waals surface area contributed by atoms with Crippen LogP contribution in [0.25, 0.3) is 0 Å². The summed E-state index contributed by atoms with van der Waals surface area (Å²) >= 11 is 0. The molecule has 0 aliphatic heterocycles. The third-order valence-electron chi connectivity index (χ3n) is 3.52. The summed E-state index contributed by atoms with van der Waals surface area (Å²) in [5, 5.41) is 11.6. The van der Waals surface area contributed by atoms with Crippen LogP contribution in [0.3, 0.4) is 0 Å². The number of hydrogen-bond acceptors (Lipinski definition) is 3. The Bertz CT molecular complexity index is 212. The maximum atomic E-state index is 8.57. The van der Waals surface area contributed by atoms with Gasteiger partial charge in [0.25, 0.3) is 0 Å². The molecule has 1 fully saturated rings. The third-order valence-corrected chi connectivity index (χ3v) is 3.52. The molecule has 1 unspecified atom stereocenters. The quantitative estimate of drug-likeness (QED) is 0.317. The van der Waals surface area contributed by atoms with E-state index in [2.05, 4.69) is 24.0 Å². The lowest BCUT2D eigenvalue weighted by molar-refractivity contribution is 0.172. The Morgan fingerprint density at radius 3 is 2.60 bits per heavy atom. The van der Waals surface area contributed by atoms with Gasteiger partial charge in [0.2, 0.25) is 0 Å². The molecule has 1 aliphatic carbocycles. The first-order valence-electron chi connectivity index (χ1n) is 5.87. The van der Waals surface area contributed by atoms with Crippen molar-refractivity contribution in [1.29, 1.82) is 0 Å². The van der Waals surface area contributed by atoms with Gasteiger partial charge in [0, 0.05) is 18.5 Å². The predicted molar refractivity (Wildman–Crippen MR) is 62.1 cm³/mol. The summed E-state index contributed by atoms with van der Waals surface area (Å²) in [5.41, 5.74) is 5.56. The van der Waals surface area contributed by atoms with Crippen LogP contribution in [-0.4, -0.2) is 35.1 Å². The molecule has 0 aromatic heterocycles. The van der Waals surface area contributed by atoms with Gasteiger partial charge in [-0.2, -0.15) is 0 Å². The molecule has 1 saturated carbocycles. The van der Waals surface area contributed by atoms with Gasteiger partial charge in [-0.3, -0.25) is 0 Å². The molecule has 4 nitrogen and oxygen atoms in total. The van der Waals surface area contributed by atoms with Gasteiger partial charge in [-0.25, -0.2) is 0 Å². The zero-order valence-electron chi connectivity index (χ0n) is 9.82. The second-order valence-electron chi connectivity index (χ2n) is 4.46. The van der Waals surface area contributed by atoms with Gasteiger partial charge in [-0.1, -0.05) is 24.9 Å². The fraction of sp³-hybridized carbons (Fsp3) is 0.909. The fourth-order valence-corrected chi connectivity index (χ4v) is 2.47. The van der Waals surface area contributed by atoms with Gasteiger partial charge in [-0.15, -0.1) is 0 Å². The van der Waals surface area contributed by atoms with Crippen LogP contribution in [0.15, 0.2) is 5.16 Å². The maximum absolute atomic E-state index is 8.57. The highest BCUT2D eigenvalue weighted by atomic mass is 16.4. The van der Waals surface area contributed by atoms with Crippen molar-refractivity contribution in [2.75, 3.05) is 7.05 Å². The Morgan fingerprint density at radius 1 is 1.53 bits per heavy atom. The zero-order chi connectivity index (χ0) is 11.3. The molecule has 0 aromatic carbocycles. The molecular formula is C11H23N3O. The largest absolute Gasteiger partial charge is 0.409 e. The molecule has 0 radical (unpaired) electrons. The van der Waals surface area contributed by atoms with E-state index in [1.54, 1.807) is 0 Å². The lowest BCUT2D eigenvalue weighted by Crippen LogP contribution is -2.40. The van der Waals surface area contributed by atoms with Crippen molar-refractivity contribution in [2.45, 2.75) is 57.5 Å². The molecule has 4 heteroatoms. The molecule has 15 heavy (non-hydrogen) atoms. The molecule has 1 rings (SSSR count). The van der Waals surface area contributed by atoms with Gasteiger partial charge < -0.3 is 15.8 Å². The lowest BCUT2D eigenvalue weighted by atomic mass is 10.1. The van der Waals surface area contributed by atoms with E-state index >= 15 is 0 Å². The Hall–Kier alpha value is -0.770. The Kier molecular flexibility index (Phi) is 4.88. The highest BCUT2D eigenvalue weighted by Crippen LogP contribution is 2.25. The van der Waals surface area contributed by atoms with Crippen molar-refractivity contribution < 1.29 is 5.21 Å². The summed E-state index contributed by atoms with van der Waals surface area (Å²) in [6.45, 7) is 2.15. The smallest absolute Gasteiger partial charge is 0.140 e. The second-order valence-corrected chi connectivity index (χ2v) is 4.46. The van der Waals surface area contributed by atoms with Crippen LogP contribution in [0, 0.1) is 0 Å². The first kappa shape index (κ1) is 12.3. The molecular weight excluding hydrogens is 190 g/mol. The lowest BCUT2D eigenvalue weighted by Gasteiger charge is -2.32. The number of hydrogen-bond donors (Lipinski definition) is 2. The minimum Gasteiger partial charge on any atom is -0.409 e. The van der Waals surface area contributed by atoms with Crippen molar-refractivity contribution in [3.05, 3.63) is 0 Å². The number of rotatable bonds is 5. The van der Waals surface area contributed by atoms with Crippen molar-refractivity contribution >= 4 is 5.84 Å². The standard InChI is InChI=1S/C11H23N3O/c1-3-9(8-11(12)13-15)14(2)10-6-4-5-7-10/h9-10,15H,3-8H2,1-2H3,(H2,12,13). The van der Waals surface area contributed by atoms with E-state index < -0.39 is 0 Å². The van der Waals surface area contributed by atoms with E-state index in [9.17, 15) is 0 Å². The van der Waals surface area contributed by atoms with E-state index in [0.29, 0.717) is 24.3 Å². The van der Waals surface area contributed by atoms with Gasteiger partial charge in [0.1, 0.15) is 5.84 Å². The van der Waals surface area contributed by atoms with Gasteiger partial charge >= 0.3 is 0 Å². The van der Waals surface area contributed by atoms with Gasteiger partial charge in [0.05, 0.1) is 0 Å². The van der Waals surface area contributed by atoms with Crippen LogP contribution in [0.5, 0.6) is 0 Å². The van der Waals surface area contributed by atoms with E-state index in [0.717, 1.165) is 6.42 Å². The second kappa shape index (κ2) is 5.95. The van der Waals surface area contributed by atoms with E-state index in [4.69, 9.17) is 10.9 Å². The first-order chi connectivity index (χ1) is 7.19. The topological polar surface area (TPSA) is 61.9 Å². The number of amidine groups is 1. The molecule has 0 heterocycles. The predicted octanol–water partition coefficient (Wildman–Crippen LogP) is 1.78. The molecule has 0 aromatic rings. The molecule has 88 valence electrons. The van der Waals surface area contributed by atoms with Crippen molar-refractivity contribution in [3.8, 4) is 0 Å². The summed E-state index contributed by atoms with van der Waals surface area (Å²) in [5.74, 6) is 0.340. The minimum absolute atomic E-state index is 0.340. The highest BCUT2D eigenvalue weighted by molar-refractivity contribution is 5.80. The summed E-state index contributed by atoms with van der Waals surface area (Å²) < 4.78 is 0.